The summed E-state index contributed by atoms with van der Waals surface area (Å²) in [5, 5.41) is 10.2. The molecule has 0 radical (unpaired) electrons. The minimum absolute atomic E-state index is 0.481. The lowest BCUT2D eigenvalue weighted by Crippen LogP contribution is -2.48. The third-order valence-corrected chi connectivity index (χ3v) is 6.76. The van der Waals surface area contributed by atoms with Gasteiger partial charge in [-0.05, 0) is 43.2 Å². The number of nitrogens with zero attached hydrogens (tertiary/aromatic N) is 5. The lowest BCUT2D eigenvalue weighted by Gasteiger charge is -2.34. The molecule has 1 aromatic carbocycles. The summed E-state index contributed by atoms with van der Waals surface area (Å²) in [6.07, 6.45) is 6.66. The second-order valence-corrected chi connectivity index (χ2v) is 9.84. The highest BCUT2D eigenvalue weighted by Crippen LogP contribution is 2.25. The van der Waals surface area contributed by atoms with Crippen molar-refractivity contribution in [1.82, 2.24) is 19.5 Å². The van der Waals surface area contributed by atoms with Crippen molar-refractivity contribution < 1.29 is 8.42 Å². The number of aromatic nitrogens is 3. The van der Waals surface area contributed by atoms with Crippen LogP contribution in [0.25, 0.3) is 11.1 Å². The van der Waals surface area contributed by atoms with E-state index in [1.165, 1.54) is 10.6 Å². The predicted molar refractivity (Wildman–Crippen MR) is 128 cm³/mol. The lowest BCUT2D eigenvalue weighted by atomic mass is 10.1. The Balaban J connectivity index is 1.44. The molecule has 0 atom stereocenters. The number of piperazine rings is 1. The molecule has 0 spiro atoms. The molecule has 32 heavy (non-hydrogen) atoms. The highest BCUT2D eigenvalue weighted by molar-refractivity contribution is 7.88. The fourth-order valence-corrected chi connectivity index (χ4v) is 4.56. The Bertz CT molecular complexity index is 1210. The van der Waals surface area contributed by atoms with Crippen LogP contribution in [0, 0.1) is 6.92 Å². The number of H-pyrrole nitrogens is 1. The summed E-state index contributed by atoms with van der Waals surface area (Å²) in [5.74, 6) is 1.33. The normalized spacial score (nSPS) is 15.7. The summed E-state index contributed by atoms with van der Waals surface area (Å²) >= 11 is 0. The first-order valence-corrected chi connectivity index (χ1v) is 12.2. The van der Waals surface area contributed by atoms with Crippen LogP contribution in [0.4, 0.5) is 17.2 Å². The second-order valence-electron chi connectivity index (χ2n) is 7.86. The molecule has 4 rings (SSSR count). The monoisotopic (exact) mass is 453 g/mol. The van der Waals surface area contributed by atoms with Crippen LogP contribution in [0.3, 0.4) is 0 Å². The van der Waals surface area contributed by atoms with Crippen molar-refractivity contribution in [2.24, 2.45) is 4.99 Å². The maximum atomic E-state index is 11.7. The lowest BCUT2D eigenvalue weighted by molar-refractivity contribution is 0.388. The van der Waals surface area contributed by atoms with Crippen molar-refractivity contribution in [3.8, 4) is 11.1 Å². The van der Waals surface area contributed by atoms with Crippen LogP contribution >= 0.6 is 0 Å². The van der Waals surface area contributed by atoms with E-state index in [1.807, 2.05) is 44.3 Å². The largest absolute Gasteiger partial charge is 0.369 e. The third kappa shape index (κ3) is 5.14. The average Bonchev–Trinajstić information content (AvgIpc) is 3.30. The molecule has 0 aliphatic carbocycles. The van der Waals surface area contributed by atoms with Gasteiger partial charge in [-0.2, -0.15) is 9.40 Å². The van der Waals surface area contributed by atoms with Crippen molar-refractivity contribution in [3.05, 3.63) is 54.5 Å². The molecule has 3 heterocycles. The van der Waals surface area contributed by atoms with E-state index in [0.29, 0.717) is 32.0 Å². The Morgan fingerprint density at radius 1 is 1.12 bits per heavy atom. The fraction of sp³-hybridized carbons (Fsp3) is 0.318. The standard InChI is InChI=1S/C22H27N7O2S/c1-16-12-18(19-14-24-25-15-19)4-5-21(16)26-17(2)27-22-13-20(6-7-23-22)28-8-10-29(11-9-28)32(3,30)31/h4-7,12-15H,8-11H2,1-3H3,(H,24,25)(H,23,26,27). The molecule has 10 heteroatoms. The Hall–Kier alpha value is -3.24. The van der Waals surface area contributed by atoms with Gasteiger partial charge in [-0.3, -0.25) is 5.10 Å². The molecule has 9 nitrogen and oxygen atoms in total. The van der Waals surface area contributed by atoms with Crippen molar-refractivity contribution in [3.63, 3.8) is 0 Å². The highest BCUT2D eigenvalue weighted by atomic mass is 32.2. The number of aromatic amines is 1. The number of sulfonamides is 1. The molecule has 2 aromatic heterocycles. The number of hydrogen-bond acceptors (Lipinski definition) is 6. The van der Waals surface area contributed by atoms with Crippen molar-refractivity contribution in [2.45, 2.75) is 13.8 Å². The number of hydrogen-bond donors (Lipinski definition) is 2. The fourth-order valence-electron chi connectivity index (χ4n) is 3.73. The molecule has 1 aliphatic heterocycles. The van der Waals surface area contributed by atoms with Gasteiger partial charge in [0.15, 0.2) is 5.82 Å². The highest BCUT2D eigenvalue weighted by Gasteiger charge is 2.23. The molecular weight excluding hydrogens is 426 g/mol. The van der Waals surface area contributed by atoms with Crippen LogP contribution in [0.2, 0.25) is 0 Å². The van der Waals surface area contributed by atoms with Gasteiger partial charge in [0, 0.05) is 61.6 Å². The van der Waals surface area contributed by atoms with E-state index >= 15 is 0 Å². The molecule has 1 fully saturated rings. The molecule has 0 bridgehead atoms. The zero-order valence-corrected chi connectivity index (χ0v) is 19.2. The summed E-state index contributed by atoms with van der Waals surface area (Å²) in [6, 6.07) is 10.0. The van der Waals surface area contributed by atoms with Crippen LogP contribution in [-0.4, -0.2) is 66.2 Å². The molecular formula is C22H27N7O2S. The topological polar surface area (TPSA) is 107 Å². The first-order valence-electron chi connectivity index (χ1n) is 10.4. The van der Waals surface area contributed by atoms with Gasteiger partial charge in [-0.15, -0.1) is 0 Å². The predicted octanol–water partition coefficient (Wildman–Crippen LogP) is 3.02. The number of aliphatic imine (C=N–C) groups is 1. The van der Waals surface area contributed by atoms with Gasteiger partial charge in [0.25, 0.3) is 0 Å². The van der Waals surface area contributed by atoms with E-state index < -0.39 is 10.0 Å². The molecule has 0 amide bonds. The molecule has 0 saturated carbocycles. The van der Waals surface area contributed by atoms with Gasteiger partial charge in [0.05, 0.1) is 12.5 Å². The minimum atomic E-state index is -3.14. The Labute approximate surface area is 188 Å². The molecule has 2 N–H and O–H groups in total. The van der Waals surface area contributed by atoms with Crippen LogP contribution < -0.4 is 10.2 Å². The van der Waals surface area contributed by atoms with Gasteiger partial charge < -0.3 is 10.2 Å². The molecule has 0 unspecified atom stereocenters. The van der Waals surface area contributed by atoms with E-state index in [4.69, 9.17) is 0 Å². The van der Waals surface area contributed by atoms with Crippen molar-refractivity contribution in [1.29, 1.82) is 0 Å². The zero-order valence-electron chi connectivity index (χ0n) is 18.4. The van der Waals surface area contributed by atoms with E-state index in [2.05, 4.69) is 36.5 Å². The molecule has 1 saturated heterocycles. The average molecular weight is 454 g/mol. The van der Waals surface area contributed by atoms with Crippen LogP contribution in [0.15, 0.2) is 53.9 Å². The number of rotatable bonds is 5. The Kier molecular flexibility index (Phi) is 6.24. The van der Waals surface area contributed by atoms with Crippen molar-refractivity contribution >= 4 is 33.1 Å². The van der Waals surface area contributed by atoms with Crippen LogP contribution in [0.5, 0.6) is 0 Å². The van der Waals surface area contributed by atoms with E-state index in [0.717, 1.165) is 33.9 Å². The van der Waals surface area contributed by atoms with Gasteiger partial charge in [-0.25, -0.2) is 18.4 Å². The molecule has 168 valence electrons. The van der Waals surface area contributed by atoms with E-state index in [9.17, 15) is 8.42 Å². The number of pyridine rings is 1. The quantitative estimate of drug-likeness (QED) is 0.454. The summed E-state index contributed by atoms with van der Waals surface area (Å²) in [6.45, 7) is 6.19. The minimum Gasteiger partial charge on any atom is -0.369 e. The second kappa shape index (κ2) is 9.09. The van der Waals surface area contributed by atoms with Gasteiger partial charge in [0.2, 0.25) is 10.0 Å². The zero-order chi connectivity index (χ0) is 22.7. The SMILES string of the molecule is CC(=Nc1cc(N2CCN(S(C)(=O)=O)CC2)ccn1)Nc1ccc(-c2cn[nH]c2)cc1C. The van der Waals surface area contributed by atoms with Gasteiger partial charge >= 0.3 is 0 Å². The summed E-state index contributed by atoms with van der Waals surface area (Å²) in [4.78, 5) is 11.1. The number of aryl methyl sites for hydroxylation is 1. The third-order valence-electron chi connectivity index (χ3n) is 5.46. The maximum absolute atomic E-state index is 11.7. The first kappa shape index (κ1) is 22.0. The Morgan fingerprint density at radius 3 is 2.56 bits per heavy atom. The molecule has 3 aromatic rings. The van der Waals surface area contributed by atoms with Crippen LogP contribution in [0.1, 0.15) is 12.5 Å². The van der Waals surface area contributed by atoms with E-state index in [-0.39, 0.29) is 0 Å². The summed E-state index contributed by atoms with van der Waals surface area (Å²) in [7, 11) is -3.14. The maximum Gasteiger partial charge on any atom is 0.211 e. The summed E-state index contributed by atoms with van der Waals surface area (Å²) in [5.41, 5.74) is 5.21. The number of benzene rings is 1. The number of amidine groups is 1. The molecule has 1 aliphatic rings. The number of nitrogens with one attached hydrogen (secondary N) is 2. The van der Waals surface area contributed by atoms with E-state index in [1.54, 1.807) is 12.4 Å². The van der Waals surface area contributed by atoms with Gasteiger partial charge in [-0.1, -0.05) is 6.07 Å². The summed E-state index contributed by atoms with van der Waals surface area (Å²) < 4.78 is 25.0. The first-order chi connectivity index (χ1) is 15.3. The van der Waals surface area contributed by atoms with Crippen molar-refractivity contribution in [2.75, 3.05) is 42.7 Å². The Morgan fingerprint density at radius 2 is 1.91 bits per heavy atom. The number of anilines is 2. The smallest absolute Gasteiger partial charge is 0.211 e. The van der Waals surface area contributed by atoms with Crippen LogP contribution in [-0.2, 0) is 10.0 Å². The van der Waals surface area contributed by atoms with Gasteiger partial charge in [0.1, 0.15) is 5.84 Å².